The van der Waals surface area contributed by atoms with Crippen LogP contribution in [0.15, 0.2) is 47.4 Å². The molecule has 26 heavy (non-hydrogen) atoms. The van der Waals surface area contributed by atoms with Crippen LogP contribution in [0.4, 0.5) is 0 Å². The van der Waals surface area contributed by atoms with Gasteiger partial charge in [-0.1, -0.05) is 18.2 Å². The van der Waals surface area contributed by atoms with E-state index >= 15 is 0 Å². The summed E-state index contributed by atoms with van der Waals surface area (Å²) in [7, 11) is -4.01. The standard InChI is InChI=1S/C18H17NO6S/c20-18(13-9-12-3-1-2-4-15(12)25-11-13)19-26(21,22)14-5-6-16-17(10-14)24-8-7-23-16/h1-6,10,13H,7-9,11H2,(H,19,20). The molecule has 1 amide bonds. The highest BCUT2D eigenvalue weighted by atomic mass is 32.2. The highest BCUT2D eigenvalue weighted by Gasteiger charge is 2.29. The molecule has 1 atom stereocenters. The summed E-state index contributed by atoms with van der Waals surface area (Å²) in [5.41, 5.74) is 0.885. The molecular weight excluding hydrogens is 358 g/mol. The third kappa shape index (κ3) is 3.20. The number of nitrogens with one attached hydrogen (secondary N) is 1. The molecule has 136 valence electrons. The van der Waals surface area contributed by atoms with E-state index in [2.05, 4.69) is 4.72 Å². The number of amides is 1. The first-order valence-corrected chi connectivity index (χ1v) is 9.68. The first-order valence-electron chi connectivity index (χ1n) is 8.20. The summed E-state index contributed by atoms with van der Waals surface area (Å²) < 4.78 is 43.6. The smallest absolute Gasteiger partial charge is 0.264 e. The third-order valence-electron chi connectivity index (χ3n) is 4.31. The molecule has 2 aromatic carbocycles. The normalized spacial score (nSPS) is 18.4. The maximum atomic E-state index is 12.5. The van der Waals surface area contributed by atoms with Crippen molar-refractivity contribution < 1.29 is 27.4 Å². The maximum Gasteiger partial charge on any atom is 0.264 e. The van der Waals surface area contributed by atoms with Gasteiger partial charge < -0.3 is 14.2 Å². The Hall–Kier alpha value is -2.74. The van der Waals surface area contributed by atoms with Crippen LogP contribution in [0, 0.1) is 5.92 Å². The maximum absolute atomic E-state index is 12.5. The van der Waals surface area contributed by atoms with Crippen LogP contribution in [-0.4, -0.2) is 34.1 Å². The summed E-state index contributed by atoms with van der Waals surface area (Å²) >= 11 is 0. The lowest BCUT2D eigenvalue weighted by atomic mass is 9.96. The van der Waals surface area contributed by atoms with Gasteiger partial charge in [0.25, 0.3) is 10.0 Å². The number of fused-ring (bicyclic) bond motifs is 2. The zero-order chi connectivity index (χ0) is 18.1. The number of sulfonamides is 1. The Bertz CT molecular complexity index is 956. The topological polar surface area (TPSA) is 90.9 Å². The van der Waals surface area contributed by atoms with E-state index in [1.165, 1.54) is 18.2 Å². The molecule has 0 saturated heterocycles. The summed E-state index contributed by atoms with van der Waals surface area (Å²) in [6, 6.07) is 11.7. The van der Waals surface area contributed by atoms with Crippen LogP contribution < -0.4 is 18.9 Å². The van der Waals surface area contributed by atoms with E-state index in [-0.39, 0.29) is 11.5 Å². The van der Waals surface area contributed by atoms with E-state index in [9.17, 15) is 13.2 Å². The molecule has 1 unspecified atom stereocenters. The third-order valence-corrected chi connectivity index (χ3v) is 5.65. The molecular formula is C18H17NO6S. The summed E-state index contributed by atoms with van der Waals surface area (Å²) in [5.74, 6) is 0.401. The summed E-state index contributed by atoms with van der Waals surface area (Å²) in [4.78, 5) is 12.4. The molecule has 0 aliphatic carbocycles. The van der Waals surface area contributed by atoms with Crippen LogP contribution in [0.2, 0.25) is 0 Å². The SMILES string of the molecule is O=C(NS(=O)(=O)c1ccc2c(c1)OCCO2)C1COc2ccccc2C1. The minimum Gasteiger partial charge on any atom is -0.492 e. The van der Waals surface area contributed by atoms with Crippen molar-refractivity contribution in [2.75, 3.05) is 19.8 Å². The summed E-state index contributed by atoms with van der Waals surface area (Å²) in [6.45, 7) is 0.903. The van der Waals surface area contributed by atoms with E-state index in [0.29, 0.717) is 31.1 Å². The van der Waals surface area contributed by atoms with Crippen LogP contribution in [0.5, 0.6) is 17.2 Å². The second-order valence-corrected chi connectivity index (χ2v) is 7.78. The molecule has 0 fully saturated rings. The number of benzene rings is 2. The van der Waals surface area contributed by atoms with E-state index in [4.69, 9.17) is 14.2 Å². The number of ether oxygens (including phenoxy) is 3. The lowest BCUT2D eigenvalue weighted by Gasteiger charge is -2.24. The molecule has 2 aliphatic heterocycles. The second kappa shape index (κ2) is 6.53. The molecule has 0 saturated carbocycles. The summed E-state index contributed by atoms with van der Waals surface area (Å²) in [5, 5.41) is 0. The number of hydrogen-bond donors (Lipinski definition) is 1. The molecule has 2 aliphatic rings. The number of rotatable bonds is 3. The van der Waals surface area contributed by atoms with Crippen LogP contribution in [0.25, 0.3) is 0 Å². The zero-order valence-electron chi connectivity index (χ0n) is 13.8. The molecule has 2 heterocycles. The van der Waals surface area contributed by atoms with Gasteiger partial charge in [0.15, 0.2) is 11.5 Å². The van der Waals surface area contributed by atoms with Gasteiger partial charge in [-0.15, -0.1) is 0 Å². The molecule has 4 rings (SSSR count). The van der Waals surface area contributed by atoms with Crippen LogP contribution in [0.1, 0.15) is 5.56 Å². The molecule has 1 N–H and O–H groups in total. The highest BCUT2D eigenvalue weighted by molar-refractivity contribution is 7.90. The van der Waals surface area contributed by atoms with Gasteiger partial charge in [-0.2, -0.15) is 0 Å². The first-order chi connectivity index (χ1) is 12.5. The Morgan fingerprint density at radius 1 is 0.962 bits per heavy atom. The molecule has 0 radical (unpaired) electrons. The van der Waals surface area contributed by atoms with Crippen LogP contribution in [-0.2, 0) is 21.2 Å². The Morgan fingerprint density at radius 2 is 1.73 bits per heavy atom. The van der Waals surface area contributed by atoms with Crippen molar-refractivity contribution in [3.8, 4) is 17.2 Å². The van der Waals surface area contributed by atoms with Crippen molar-refractivity contribution in [1.82, 2.24) is 4.72 Å². The van der Waals surface area contributed by atoms with E-state index in [1.807, 2.05) is 24.3 Å². The Morgan fingerprint density at radius 3 is 2.58 bits per heavy atom. The fraction of sp³-hybridized carbons (Fsp3) is 0.278. The van der Waals surface area contributed by atoms with Gasteiger partial charge in [-0.05, 0) is 30.2 Å². The Kier molecular flexibility index (Phi) is 4.20. The molecule has 2 aromatic rings. The monoisotopic (exact) mass is 375 g/mol. The predicted molar refractivity (Wildman–Crippen MR) is 91.9 cm³/mol. The van der Waals surface area contributed by atoms with Gasteiger partial charge in [-0.3, -0.25) is 4.79 Å². The fourth-order valence-corrected chi connectivity index (χ4v) is 4.02. The lowest BCUT2D eigenvalue weighted by Crippen LogP contribution is -2.40. The zero-order valence-corrected chi connectivity index (χ0v) is 14.6. The number of hydrogen-bond acceptors (Lipinski definition) is 6. The largest absolute Gasteiger partial charge is 0.492 e. The van der Waals surface area contributed by atoms with E-state index in [1.54, 1.807) is 0 Å². The summed E-state index contributed by atoms with van der Waals surface area (Å²) in [6.07, 6.45) is 0.429. The average molecular weight is 375 g/mol. The lowest BCUT2D eigenvalue weighted by molar-refractivity contribution is -0.124. The van der Waals surface area contributed by atoms with Gasteiger partial charge in [0.2, 0.25) is 5.91 Å². The Labute approximate surface area is 150 Å². The van der Waals surface area contributed by atoms with Gasteiger partial charge in [0, 0.05) is 6.07 Å². The number of para-hydroxylation sites is 1. The van der Waals surface area contributed by atoms with Crippen molar-refractivity contribution in [3.63, 3.8) is 0 Å². The van der Waals surface area contributed by atoms with E-state index in [0.717, 1.165) is 11.3 Å². The quantitative estimate of drug-likeness (QED) is 0.875. The predicted octanol–water partition coefficient (Wildman–Crippen LogP) is 1.51. The minimum absolute atomic E-state index is 0.0489. The van der Waals surface area contributed by atoms with Crippen molar-refractivity contribution >= 4 is 15.9 Å². The van der Waals surface area contributed by atoms with Crippen molar-refractivity contribution in [3.05, 3.63) is 48.0 Å². The van der Waals surface area contributed by atoms with Crippen molar-refractivity contribution in [1.29, 1.82) is 0 Å². The number of carbonyl (C=O) groups excluding carboxylic acids is 1. The van der Waals surface area contributed by atoms with Crippen LogP contribution >= 0.6 is 0 Å². The average Bonchev–Trinajstić information content (AvgIpc) is 2.67. The van der Waals surface area contributed by atoms with Crippen LogP contribution in [0.3, 0.4) is 0 Å². The first kappa shape index (κ1) is 16.7. The van der Waals surface area contributed by atoms with Crippen molar-refractivity contribution in [2.24, 2.45) is 5.92 Å². The molecule has 7 nitrogen and oxygen atoms in total. The van der Waals surface area contributed by atoms with Crippen molar-refractivity contribution in [2.45, 2.75) is 11.3 Å². The molecule has 0 spiro atoms. The molecule has 0 bridgehead atoms. The molecule has 0 aromatic heterocycles. The molecule has 8 heteroatoms. The Balaban J connectivity index is 1.50. The second-order valence-electron chi connectivity index (χ2n) is 6.09. The van der Waals surface area contributed by atoms with Gasteiger partial charge in [0.1, 0.15) is 25.6 Å². The fourth-order valence-electron chi connectivity index (χ4n) is 2.96. The van der Waals surface area contributed by atoms with Gasteiger partial charge in [0.05, 0.1) is 10.8 Å². The van der Waals surface area contributed by atoms with Gasteiger partial charge >= 0.3 is 0 Å². The van der Waals surface area contributed by atoms with Gasteiger partial charge in [-0.25, -0.2) is 13.1 Å². The minimum atomic E-state index is -4.01. The van der Waals surface area contributed by atoms with E-state index < -0.39 is 21.8 Å². The number of carbonyl (C=O) groups is 1. The highest BCUT2D eigenvalue weighted by Crippen LogP contribution is 2.32.